The van der Waals surface area contributed by atoms with Crippen LogP contribution in [0.5, 0.6) is 0 Å². The Balaban J connectivity index is 1.49. The van der Waals surface area contributed by atoms with Crippen molar-refractivity contribution < 1.29 is 4.74 Å². The van der Waals surface area contributed by atoms with Crippen LogP contribution < -0.4 is 10.5 Å². The second kappa shape index (κ2) is 7.42. The molecule has 4 aromatic rings. The molecule has 1 fully saturated rings. The normalized spacial score (nSPS) is 14.4. The minimum absolute atomic E-state index is 0.0371. The van der Waals surface area contributed by atoms with Crippen molar-refractivity contribution in [1.29, 1.82) is 0 Å². The monoisotopic (exact) mass is 401 g/mol. The lowest BCUT2D eigenvalue weighted by atomic mass is 10.1. The molecule has 0 radical (unpaired) electrons. The summed E-state index contributed by atoms with van der Waals surface area (Å²) >= 11 is 0. The van der Waals surface area contributed by atoms with Gasteiger partial charge in [-0.3, -0.25) is 9.36 Å². The summed E-state index contributed by atoms with van der Waals surface area (Å²) < 4.78 is 8.90. The van der Waals surface area contributed by atoms with Gasteiger partial charge in [-0.15, -0.1) is 0 Å². The summed E-state index contributed by atoms with van der Waals surface area (Å²) in [6.07, 6.45) is 3.82. The summed E-state index contributed by atoms with van der Waals surface area (Å²) in [7, 11) is 1.75. The molecule has 7 nitrogen and oxygen atoms in total. The largest absolute Gasteiger partial charge is 0.378 e. The summed E-state index contributed by atoms with van der Waals surface area (Å²) in [5.74, 6) is 0.702. The molecule has 0 amide bonds. The lowest BCUT2D eigenvalue weighted by Gasteiger charge is -2.29. The molecule has 7 heteroatoms. The number of fused-ring (bicyclic) bond motifs is 1. The predicted octanol–water partition coefficient (Wildman–Crippen LogP) is 2.93. The number of aromatic nitrogens is 4. The van der Waals surface area contributed by atoms with Crippen LogP contribution >= 0.6 is 0 Å². The average molecular weight is 401 g/mol. The lowest BCUT2D eigenvalue weighted by Crippen LogP contribution is -2.36. The van der Waals surface area contributed by atoms with Crippen LogP contribution in [0.4, 0.5) is 5.69 Å². The molecular weight excluding hydrogens is 378 g/mol. The van der Waals surface area contributed by atoms with Gasteiger partial charge in [-0.05, 0) is 42.8 Å². The minimum Gasteiger partial charge on any atom is -0.378 e. The summed E-state index contributed by atoms with van der Waals surface area (Å²) in [6, 6.07) is 14.1. The number of aryl methyl sites for hydroxylation is 1. The Labute approximate surface area is 174 Å². The van der Waals surface area contributed by atoms with Crippen molar-refractivity contribution in [3.05, 3.63) is 71.0 Å². The average Bonchev–Trinajstić information content (AvgIpc) is 3.29. The molecule has 30 heavy (non-hydrogen) atoms. The van der Waals surface area contributed by atoms with Crippen molar-refractivity contribution in [3.8, 4) is 16.8 Å². The number of ether oxygens (including phenoxy) is 1. The van der Waals surface area contributed by atoms with Gasteiger partial charge in [0.15, 0.2) is 0 Å². The van der Waals surface area contributed by atoms with E-state index in [0.29, 0.717) is 16.7 Å². The van der Waals surface area contributed by atoms with E-state index in [1.54, 1.807) is 11.6 Å². The Morgan fingerprint density at radius 2 is 1.80 bits per heavy atom. The Bertz CT molecular complexity index is 1280. The number of morpholine rings is 1. The van der Waals surface area contributed by atoms with Crippen molar-refractivity contribution in [2.24, 2.45) is 7.05 Å². The molecule has 2 aromatic heterocycles. The molecule has 152 valence electrons. The van der Waals surface area contributed by atoms with E-state index in [2.05, 4.69) is 33.2 Å². The SMILES string of the molecule is Cc1nc2ccc(-c3cnn(-c4cccc(N5CCOCC5)c4)c3)cc2c(=O)n1C. The zero-order valence-corrected chi connectivity index (χ0v) is 17.1. The number of hydrogen-bond donors (Lipinski definition) is 0. The number of hydrogen-bond acceptors (Lipinski definition) is 5. The molecule has 0 N–H and O–H groups in total. The van der Waals surface area contributed by atoms with Gasteiger partial charge in [0.25, 0.3) is 5.56 Å². The van der Waals surface area contributed by atoms with E-state index in [-0.39, 0.29) is 5.56 Å². The molecule has 0 aliphatic carbocycles. The fourth-order valence-corrected chi connectivity index (χ4v) is 3.83. The van der Waals surface area contributed by atoms with Gasteiger partial charge in [0.1, 0.15) is 5.82 Å². The second-order valence-electron chi connectivity index (χ2n) is 7.55. The van der Waals surface area contributed by atoms with E-state index >= 15 is 0 Å². The quantitative estimate of drug-likeness (QED) is 0.528. The molecule has 1 aliphatic rings. The minimum atomic E-state index is -0.0371. The third-order valence-electron chi connectivity index (χ3n) is 5.69. The Hall–Kier alpha value is -3.45. The molecule has 0 unspecified atom stereocenters. The summed E-state index contributed by atoms with van der Waals surface area (Å²) in [5, 5.41) is 5.17. The van der Waals surface area contributed by atoms with Crippen LogP contribution in [0.15, 0.2) is 59.7 Å². The molecule has 0 saturated carbocycles. The Kier molecular flexibility index (Phi) is 4.59. The fraction of sp³-hybridized carbons (Fsp3) is 0.261. The van der Waals surface area contributed by atoms with E-state index in [0.717, 1.165) is 43.1 Å². The molecular formula is C23H23N5O2. The molecule has 5 rings (SSSR count). The van der Waals surface area contributed by atoms with E-state index in [9.17, 15) is 4.79 Å². The zero-order chi connectivity index (χ0) is 20.7. The third-order valence-corrected chi connectivity index (χ3v) is 5.69. The first-order valence-electron chi connectivity index (χ1n) is 10.1. The smallest absolute Gasteiger partial charge is 0.261 e. The molecule has 3 heterocycles. The summed E-state index contributed by atoms with van der Waals surface area (Å²) in [4.78, 5) is 19.5. The summed E-state index contributed by atoms with van der Waals surface area (Å²) in [5.41, 5.74) is 4.75. The first kappa shape index (κ1) is 18.6. The van der Waals surface area contributed by atoms with Crippen molar-refractivity contribution in [2.75, 3.05) is 31.2 Å². The van der Waals surface area contributed by atoms with Crippen molar-refractivity contribution in [3.63, 3.8) is 0 Å². The van der Waals surface area contributed by atoms with Crippen LogP contribution in [-0.4, -0.2) is 45.6 Å². The zero-order valence-electron chi connectivity index (χ0n) is 17.1. The maximum atomic E-state index is 12.6. The van der Waals surface area contributed by atoms with Gasteiger partial charge in [-0.1, -0.05) is 12.1 Å². The highest BCUT2D eigenvalue weighted by Crippen LogP contribution is 2.25. The fourth-order valence-electron chi connectivity index (χ4n) is 3.83. The molecule has 2 aromatic carbocycles. The van der Waals surface area contributed by atoms with Gasteiger partial charge in [0.05, 0.1) is 36.0 Å². The van der Waals surface area contributed by atoms with Crippen LogP contribution in [0.25, 0.3) is 27.7 Å². The first-order valence-corrected chi connectivity index (χ1v) is 10.1. The highest BCUT2D eigenvalue weighted by molar-refractivity contribution is 5.83. The maximum absolute atomic E-state index is 12.6. The van der Waals surface area contributed by atoms with Crippen molar-refractivity contribution in [1.82, 2.24) is 19.3 Å². The van der Waals surface area contributed by atoms with Crippen molar-refractivity contribution >= 4 is 16.6 Å². The predicted molar refractivity (Wildman–Crippen MR) is 117 cm³/mol. The molecule has 0 spiro atoms. The van der Waals surface area contributed by atoms with E-state index in [1.165, 1.54) is 5.69 Å². The lowest BCUT2D eigenvalue weighted by molar-refractivity contribution is 0.122. The number of benzene rings is 2. The first-order chi connectivity index (χ1) is 14.6. The van der Waals surface area contributed by atoms with E-state index < -0.39 is 0 Å². The van der Waals surface area contributed by atoms with Gasteiger partial charge in [0.2, 0.25) is 0 Å². The van der Waals surface area contributed by atoms with Crippen molar-refractivity contribution in [2.45, 2.75) is 6.92 Å². The molecule has 1 aliphatic heterocycles. The third kappa shape index (κ3) is 3.27. The van der Waals surface area contributed by atoms with Gasteiger partial charge in [-0.2, -0.15) is 5.10 Å². The Morgan fingerprint density at radius 3 is 2.63 bits per heavy atom. The topological polar surface area (TPSA) is 65.2 Å². The summed E-state index contributed by atoms with van der Waals surface area (Å²) in [6.45, 7) is 5.14. The van der Waals surface area contributed by atoms with E-state index in [1.807, 2.05) is 48.3 Å². The highest BCUT2D eigenvalue weighted by atomic mass is 16.5. The van der Waals surface area contributed by atoms with Crippen LogP contribution in [0.2, 0.25) is 0 Å². The molecule has 0 bridgehead atoms. The molecule has 0 atom stereocenters. The Morgan fingerprint density at radius 1 is 1.00 bits per heavy atom. The van der Waals surface area contributed by atoms with E-state index in [4.69, 9.17) is 4.74 Å². The van der Waals surface area contributed by atoms with Gasteiger partial charge in [0, 0.05) is 37.6 Å². The molecule has 1 saturated heterocycles. The maximum Gasteiger partial charge on any atom is 0.261 e. The van der Waals surface area contributed by atoms with Crippen LogP contribution in [0.3, 0.4) is 0 Å². The standard InChI is InChI=1S/C23H23N5O2/c1-16-25-22-7-6-17(12-21(22)23(29)26(16)2)18-14-24-28(15-18)20-5-3-4-19(13-20)27-8-10-30-11-9-27/h3-7,12-15H,8-11H2,1-2H3. The highest BCUT2D eigenvalue weighted by Gasteiger charge is 2.13. The van der Waals surface area contributed by atoms with Crippen LogP contribution in [0, 0.1) is 6.92 Å². The van der Waals surface area contributed by atoms with Crippen LogP contribution in [0.1, 0.15) is 5.82 Å². The van der Waals surface area contributed by atoms with Gasteiger partial charge >= 0.3 is 0 Å². The number of rotatable bonds is 3. The number of anilines is 1. The van der Waals surface area contributed by atoms with Crippen LogP contribution in [-0.2, 0) is 11.8 Å². The number of nitrogens with zero attached hydrogens (tertiary/aromatic N) is 5. The second-order valence-corrected chi connectivity index (χ2v) is 7.55. The van der Waals surface area contributed by atoms with Gasteiger partial charge < -0.3 is 9.64 Å². The van der Waals surface area contributed by atoms with Gasteiger partial charge in [-0.25, -0.2) is 9.67 Å².